The minimum absolute atomic E-state index is 0.0348. The van der Waals surface area contributed by atoms with E-state index >= 15 is 0 Å². The van der Waals surface area contributed by atoms with Crippen LogP contribution in [0.5, 0.6) is 0 Å². The van der Waals surface area contributed by atoms with Crippen molar-refractivity contribution in [3.63, 3.8) is 0 Å². The van der Waals surface area contributed by atoms with Gasteiger partial charge >= 0.3 is 18.2 Å². The van der Waals surface area contributed by atoms with Crippen molar-refractivity contribution in [3.8, 4) is 11.1 Å². The van der Waals surface area contributed by atoms with Crippen molar-refractivity contribution in [2.24, 2.45) is 5.92 Å². The molecule has 0 aromatic heterocycles. The summed E-state index contributed by atoms with van der Waals surface area (Å²) in [5.41, 5.74) is 3.42. The lowest BCUT2D eigenvalue weighted by Gasteiger charge is -2.31. The first kappa shape index (κ1) is 32.5. The quantitative estimate of drug-likeness (QED) is 0.392. The molecule has 47 heavy (non-hydrogen) atoms. The zero-order valence-corrected chi connectivity index (χ0v) is 27.5. The molecule has 1 aliphatic heterocycles. The molecular weight excluding hydrogens is 624 g/mol. The van der Waals surface area contributed by atoms with Crippen LogP contribution in [0.2, 0.25) is 0 Å². The molecule has 6 rings (SSSR count). The molecule has 3 aliphatic carbocycles. The molecule has 0 radical (unpaired) electrons. The molecule has 250 valence electrons. The van der Waals surface area contributed by atoms with Crippen LogP contribution in [0.4, 0.5) is 14.4 Å². The summed E-state index contributed by atoms with van der Waals surface area (Å²) in [6.45, 7) is 8.81. The topological polar surface area (TPSA) is 151 Å². The molecule has 4 aliphatic rings. The smallest absolute Gasteiger partial charge is 0.411 e. The number of nitrogens with zero attached hydrogens (tertiary/aromatic N) is 2. The lowest BCUT2D eigenvalue weighted by atomic mass is 9.98. The Bertz CT molecular complexity index is 1670. The number of likely N-dealkylation sites (tertiary alicyclic amines) is 1. The number of alkyl carbamates (subject to hydrolysis) is 1. The third kappa shape index (κ3) is 6.85. The van der Waals surface area contributed by atoms with Gasteiger partial charge in [0, 0.05) is 18.5 Å². The van der Waals surface area contributed by atoms with E-state index in [1.807, 2.05) is 48.5 Å². The van der Waals surface area contributed by atoms with Gasteiger partial charge in [-0.15, -0.1) is 6.58 Å². The number of fused-ring (bicyclic) bond motifs is 3. The Morgan fingerprint density at radius 1 is 1.00 bits per heavy atom. The lowest BCUT2D eigenvalue weighted by molar-refractivity contribution is -0.133. The molecule has 5 amide bonds. The summed E-state index contributed by atoms with van der Waals surface area (Å²) in [6.07, 6.45) is 1.36. The third-order valence-corrected chi connectivity index (χ3v) is 10.8. The van der Waals surface area contributed by atoms with Crippen LogP contribution in [0.15, 0.2) is 61.2 Å². The van der Waals surface area contributed by atoms with Gasteiger partial charge in [0.25, 0.3) is 5.91 Å². The molecule has 2 aromatic carbocycles. The summed E-state index contributed by atoms with van der Waals surface area (Å²) in [4.78, 5) is 56.0. The number of hydrogen-bond donors (Lipinski definition) is 2. The zero-order valence-electron chi connectivity index (χ0n) is 26.7. The largest absolute Gasteiger partial charge is 0.449 e. The second-order valence-corrected chi connectivity index (χ2v) is 15.6. The fourth-order valence-corrected chi connectivity index (χ4v) is 7.73. The van der Waals surface area contributed by atoms with Gasteiger partial charge in [-0.25, -0.2) is 27.5 Å². The molecule has 2 N–H and O–H groups in total. The minimum atomic E-state index is -3.95. The van der Waals surface area contributed by atoms with Gasteiger partial charge in [0.2, 0.25) is 10.0 Å². The summed E-state index contributed by atoms with van der Waals surface area (Å²) >= 11 is 0. The van der Waals surface area contributed by atoms with Crippen molar-refractivity contribution >= 4 is 34.1 Å². The normalized spacial score (nSPS) is 23.3. The molecule has 2 aromatic rings. The Morgan fingerprint density at radius 3 is 2.17 bits per heavy atom. The average Bonchev–Trinajstić information content (AvgIpc) is 3.93. The standard InChI is InChI=1S/C34H40N4O8S/c1-5-20-16-28(20)38(31(40)36-47(43,44)22-14-15-22)30(39)29-17-21(18-37(29)33(42)46-34(2,3)4)35-32(41)45-19-27-25-12-8-6-10-23(25)24-11-7-9-13-26(24)27/h5-13,20-22,27-29H,1,14-19H2,2-4H3,(H,35,41)(H,36,40). The van der Waals surface area contributed by atoms with Crippen molar-refractivity contribution in [3.05, 3.63) is 72.3 Å². The number of amides is 5. The molecule has 0 bridgehead atoms. The first-order chi connectivity index (χ1) is 22.3. The Hall–Kier alpha value is -4.39. The van der Waals surface area contributed by atoms with E-state index in [1.165, 1.54) is 4.90 Å². The molecular formula is C34H40N4O8S. The van der Waals surface area contributed by atoms with Gasteiger partial charge in [0.1, 0.15) is 18.2 Å². The van der Waals surface area contributed by atoms with Gasteiger partial charge in [-0.2, -0.15) is 0 Å². The van der Waals surface area contributed by atoms with Crippen LogP contribution in [0.25, 0.3) is 11.1 Å². The van der Waals surface area contributed by atoms with Gasteiger partial charge in [-0.3, -0.25) is 14.6 Å². The summed E-state index contributed by atoms with van der Waals surface area (Å²) < 4.78 is 38.5. The molecule has 1 heterocycles. The van der Waals surface area contributed by atoms with E-state index in [2.05, 4.69) is 16.6 Å². The van der Waals surface area contributed by atoms with Gasteiger partial charge in [-0.1, -0.05) is 54.6 Å². The number of hydrogen-bond acceptors (Lipinski definition) is 8. The fraction of sp³-hybridized carbons (Fsp3) is 0.471. The van der Waals surface area contributed by atoms with Gasteiger partial charge < -0.3 is 14.8 Å². The number of imide groups is 1. The van der Waals surface area contributed by atoms with Gasteiger partial charge in [0.05, 0.1) is 11.3 Å². The number of sulfonamides is 1. The molecule has 13 heteroatoms. The van der Waals surface area contributed by atoms with Crippen LogP contribution in [0.1, 0.15) is 63.5 Å². The van der Waals surface area contributed by atoms with Crippen LogP contribution in [-0.4, -0.2) is 84.5 Å². The number of benzene rings is 2. The highest BCUT2D eigenvalue weighted by Gasteiger charge is 2.52. The van der Waals surface area contributed by atoms with Crippen LogP contribution in [0, 0.1) is 5.92 Å². The van der Waals surface area contributed by atoms with Crippen molar-refractivity contribution in [2.45, 2.75) is 81.3 Å². The van der Waals surface area contributed by atoms with E-state index in [-0.39, 0.29) is 31.4 Å². The van der Waals surface area contributed by atoms with E-state index in [0.29, 0.717) is 19.3 Å². The number of rotatable bonds is 8. The highest BCUT2D eigenvalue weighted by Crippen LogP contribution is 2.44. The highest BCUT2D eigenvalue weighted by molar-refractivity contribution is 7.90. The first-order valence-electron chi connectivity index (χ1n) is 15.9. The van der Waals surface area contributed by atoms with E-state index in [1.54, 1.807) is 26.8 Å². The number of carbonyl (C=O) groups is 4. The zero-order chi connectivity index (χ0) is 33.7. The second kappa shape index (κ2) is 12.3. The number of ether oxygens (including phenoxy) is 2. The number of urea groups is 1. The fourth-order valence-electron chi connectivity index (χ4n) is 6.46. The highest BCUT2D eigenvalue weighted by atomic mass is 32.2. The van der Waals surface area contributed by atoms with Gasteiger partial charge in [-0.05, 0) is 74.6 Å². The van der Waals surface area contributed by atoms with Crippen LogP contribution < -0.4 is 10.0 Å². The average molecular weight is 665 g/mol. The van der Waals surface area contributed by atoms with Crippen molar-refractivity contribution < 1.29 is 37.1 Å². The van der Waals surface area contributed by atoms with E-state index in [0.717, 1.165) is 27.2 Å². The summed E-state index contributed by atoms with van der Waals surface area (Å²) in [7, 11) is -3.95. The SMILES string of the molecule is C=CC1CC1N(C(=O)NS(=O)(=O)C1CC1)C(=O)C1CC(NC(=O)OCC2c3ccccc3-c3ccccc32)CN1C(=O)OC(C)(C)C. The van der Waals surface area contributed by atoms with E-state index in [4.69, 9.17) is 9.47 Å². The monoisotopic (exact) mass is 664 g/mol. The van der Waals surface area contributed by atoms with Crippen molar-refractivity contribution in [1.82, 2.24) is 19.8 Å². The van der Waals surface area contributed by atoms with Gasteiger partial charge in [0.15, 0.2) is 0 Å². The maximum absolute atomic E-state index is 14.1. The lowest BCUT2D eigenvalue weighted by Crippen LogP contribution is -2.55. The molecule has 12 nitrogen and oxygen atoms in total. The van der Waals surface area contributed by atoms with Crippen molar-refractivity contribution in [2.75, 3.05) is 13.2 Å². The van der Waals surface area contributed by atoms with Crippen LogP contribution in [-0.2, 0) is 24.3 Å². The predicted octanol–water partition coefficient (Wildman–Crippen LogP) is 4.51. The first-order valence-corrected chi connectivity index (χ1v) is 17.4. The Morgan fingerprint density at radius 2 is 1.62 bits per heavy atom. The second-order valence-electron chi connectivity index (χ2n) is 13.6. The third-order valence-electron chi connectivity index (χ3n) is 8.97. The maximum atomic E-state index is 14.1. The summed E-state index contributed by atoms with van der Waals surface area (Å²) in [6, 6.07) is 12.4. The van der Waals surface area contributed by atoms with Crippen molar-refractivity contribution in [1.29, 1.82) is 0 Å². The Kier molecular flexibility index (Phi) is 8.54. The molecule has 3 fully saturated rings. The molecule has 4 unspecified atom stereocenters. The molecule has 0 spiro atoms. The Labute approximate surface area is 274 Å². The summed E-state index contributed by atoms with van der Waals surface area (Å²) in [5.74, 6) is -1.12. The predicted molar refractivity (Wildman–Crippen MR) is 173 cm³/mol. The minimum Gasteiger partial charge on any atom is -0.449 e. The van der Waals surface area contributed by atoms with E-state index in [9.17, 15) is 27.6 Å². The number of nitrogens with one attached hydrogen (secondary N) is 2. The maximum Gasteiger partial charge on any atom is 0.411 e. The molecule has 2 saturated carbocycles. The van der Waals surface area contributed by atoms with Crippen LogP contribution >= 0.6 is 0 Å². The Balaban J connectivity index is 1.17. The summed E-state index contributed by atoms with van der Waals surface area (Å²) in [5, 5.41) is 2.11. The van der Waals surface area contributed by atoms with Crippen LogP contribution in [0.3, 0.4) is 0 Å². The van der Waals surface area contributed by atoms with E-state index < -0.39 is 63.1 Å². The number of carbonyl (C=O) groups excluding carboxylic acids is 4. The molecule has 4 atom stereocenters. The molecule has 1 saturated heterocycles.